The molecule has 0 aliphatic rings. The Morgan fingerprint density at radius 3 is 1.55 bits per heavy atom. The van der Waals surface area contributed by atoms with Gasteiger partial charge in [0.15, 0.2) is 0 Å². The van der Waals surface area contributed by atoms with Gasteiger partial charge >= 0.3 is 0 Å². The van der Waals surface area contributed by atoms with Crippen LogP contribution in [0.15, 0.2) is 261 Å². The van der Waals surface area contributed by atoms with Gasteiger partial charge in [0.25, 0.3) is 0 Å². The van der Waals surface area contributed by atoms with Crippen molar-refractivity contribution in [2.24, 2.45) is 0 Å². The average Bonchev–Trinajstić information content (AvgIpc) is 3.86. The van der Waals surface area contributed by atoms with Crippen LogP contribution in [-0.4, -0.2) is 19.6 Å². The van der Waals surface area contributed by atoms with E-state index in [1.807, 2.05) is 66.9 Å². The molecule has 0 unspecified atom stereocenters. The number of fused-ring (bicyclic) bond motifs is 1. The minimum Gasteiger partial charge on any atom is -0.507 e. The molecule has 0 saturated carbocycles. The van der Waals surface area contributed by atoms with Gasteiger partial charge in [-0.1, -0.05) is 243 Å². The quantitative estimate of drug-likeness (QED) is 0.131. The van der Waals surface area contributed by atoms with Crippen LogP contribution < -0.4 is 0 Å². The zero-order chi connectivity index (χ0) is 49.3. The van der Waals surface area contributed by atoms with E-state index in [4.69, 9.17) is 9.97 Å². The van der Waals surface area contributed by atoms with Crippen molar-refractivity contribution in [2.75, 3.05) is 0 Å². The Hall–Kier alpha value is -8.69. The third-order valence-electron chi connectivity index (χ3n) is 14.2. The predicted octanol–water partition coefficient (Wildman–Crippen LogP) is 17.6. The van der Waals surface area contributed by atoms with Crippen molar-refractivity contribution in [1.29, 1.82) is 0 Å². The van der Waals surface area contributed by atoms with E-state index in [1.54, 1.807) is 0 Å². The monoisotopic (exact) mass is 1130 g/mol. The smallest absolute Gasteiger partial charge is 0.148 e. The number of hydrogen-bond acceptors (Lipinski definition) is 3. The molecule has 0 aliphatic heterocycles. The number of phenolic OH excluding ortho intramolecular Hbond substituents is 1. The molecule has 10 aromatic carbocycles. The summed E-state index contributed by atoms with van der Waals surface area (Å²) in [5, 5.41) is 12.7. The van der Waals surface area contributed by atoms with Crippen LogP contribution in [0, 0.1) is 6.07 Å². The molecule has 0 bridgehead atoms. The molecule has 358 valence electrons. The Morgan fingerprint density at radius 2 is 0.905 bits per heavy atom. The maximum atomic E-state index is 12.7. The van der Waals surface area contributed by atoms with Gasteiger partial charge in [-0.25, -0.2) is 4.98 Å². The van der Waals surface area contributed by atoms with Crippen molar-refractivity contribution in [3.8, 4) is 101 Å². The molecule has 2 aromatic heterocycles. The van der Waals surface area contributed by atoms with E-state index >= 15 is 0 Å². The molecule has 0 saturated heterocycles. The molecule has 1 N–H and O–H groups in total. The summed E-state index contributed by atoms with van der Waals surface area (Å²) in [6.45, 7) is 4.55. The Bertz CT molecular complexity index is 3910. The van der Waals surface area contributed by atoms with Crippen molar-refractivity contribution < 1.29 is 26.2 Å². The van der Waals surface area contributed by atoms with Crippen LogP contribution in [0.5, 0.6) is 5.75 Å². The average molecular weight is 1130 g/mol. The van der Waals surface area contributed by atoms with Crippen LogP contribution in [0.25, 0.3) is 106 Å². The zero-order valence-corrected chi connectivity index (χ0v) is 43.2. The van der Waals surface area contributed by atoms with Crippen molar-refractivity contribution in [2.45, 2.75) is 19.3 Å². The molecular formula is C69H50N3OPt-. The molecule has 2 heterocycles. The first kappa shape index (κ1) is 47.6. The molecule has 0 atom stereocenters. The van der Waals surface area contributed by atoms with Crippen molar-refractivity contribution in [1.82, 2.24) is 14.5 Å². The summed E-state index contributed by atoms with van der Waals surface area (Å²) in [6.07, 6.45) is 1.90. The topological polar surface area (TPSA) is 50.9 Å². The number of phenols is 1. The minimum absolute atomic E-state index is 0. The molecule has 0 fully saturated rings. The Morgan fingerprint density at radius 1 is 0.405 bits per heavy atom. The van der Waals surface area contributed by atoms with E-state index in [1.165, 1.54) is 11.1 Å². The van der Waals surface area contributed by atoms with Gasteiger partial charge in [-0.3, -0.25) is 9.55 Å². The Labute approximate surface area is 447 Å². The van der Waals surface area contributed by atoms with Crippen LogP contribution in [0.3, 0.4) is 0 Å². The summed E-state index contributed by atoms with van der Waals surface area (Å²) >= 11 is 0. The molecule has 0 aliphatic carbocycles. The van der Waals surface area contributed by atoms with E-state index in [9.17, 15) is 5.11 Å². The second-order valence-electron chi connectivity index (χ2n) is 19.0. The van der Waals surface area contributed by atoms with E-state index in [0.29, 0.717) is 11.4 Å². The van der Waals surface area contributed by atoms with Gasteiger partial charge in [-0.2, -0.15) is 0 Å². The number of hydrogen-bond donors (Lipinski definition) is 1. The second-order valence-corrected chi connectivity index (χ2v) is 19.0. The number of nitrogens with zero attached hydrogens (tertiary/aromatic N) is 3. The molecule has 74 heavy (non-hydrogen) atoms. The summed E-state index contributed by atoms with van der Waals surface area (Å²) in [5.74, 6) is 0.770. The SMILES string of the molecule is CC(C)(c1ccccc1)c1ccc(-c2ccnc(-c3[c-]c(-c4cccc5c4nc(-c4cc(-c6ccccc6)cc(-c6ccccc6)c4O)n5-c4ccccc4-c4ccccc4)cc(-c4ccccc4)c3)c2)cc1.[Pt]. The zero-order valence-electron chi connectivity index (χ0n) is 40.9. The fraction of sp³-hybridized carbons (Fsp3) is 0.0435. The van der Waals surface area contributed by atoms with Gasteiger partial charge in [-0.05, 0) is 80.4 Å². The largest absolute Gasteiger partial charge is 0.507 e. The standard InChI is InChI=1S/C69H50N3O.Pt/c1-69(2,57-29-16-7-17-30-57)58-37-35-49(36-38-58)52-39-40-70-63(46-52)56-42-53(47-21-8-3-9-22-47)41-55(43-56)60-32-20-34-65-66(60)71-68(72(65)64-33-19-18-31-59(64)50-25-12-5-13-26-50)62-45-54(48-23-10-4-11-24-48)44-61(67(62)73)51-27-14-6-15-28-51;/h3-42,44-46,73H,1-2H3;/q-1;. The van der Waals surface area contributed by atoms with Crippen LogP contribution in [0.1, 0.15) is 25.0 Å². The van der Waals surface area contributed by atoms with Gasteiger partial charge in [0.2, 0.25) is 0 Å². The maximum absolute atomic E-state index is 12.7. The normalized spacial score (nSPS) is 11.3. The van der Waals surface area contributed by atoms with E-state index in [0.717, 1.165) is 94.7 Å². The summed E-state index contributed by atoms with van der Waals surface area (Å²) in [4.78, 5) is 10.7. The first-order valence-electron chi connectivity index (χ1n) is 24.8. The Kier molecular flexibility index (Phi) is 13.2. The Balaban J connectivity index is 0.00000588. The molecule has 12 aromatic rings. The van der Waals surface area contributed by atoms with Gasteiger partial charge < -0.3 is 5.11 Å². The van der Waals surface area contributed by atoms with Crippen molar-refractivity contribution >= 4 is 11.0 Å². The molecule has 0 amide bonds. The number of imidazole rings is 1. The third-order valence-corrected chi connectivity index (χ3v) is 14.2. The fourth-order valence-electron chi connectivity index (χ4n) is 10.2. The van der Waals surface area contributed by atoms with Crippen LogP contribution in [-0.2, 0) is 26.5 Å². The fourth-order valence-corrected chi connectivity index (χ4v) is 10.2. The molecule has 5 heteroatoms. The van der Waals surface area contributed by atoms with Gasteiger partial charge in [0.1, 0.15) is 11.6 Å². The summed E-state index contributed by atoms with van der Waals surface area (Å²) in [6, 6.07) is 92.5. The first-order chi connectivity index (χ1) is 35.9. The summed E-state index contributed by atoms with van der Waals surface area (Å²) in [5.41, 5.74) is 19.1. The molecule has 4 nitrogen and oxygen atoms in total. The number of benzene rings is 10. The summed E-state index contributed by atoms with van der Waals surface area (Å²) < 4.78 is 2.22. The summed E-state index contributed by atoms with van der Waals surface area (Å²) in [7, 11) is 0. The van der Waals surface area contributed by atoms with Gasteiger partial charge in [0.05, 0.1) is 22.3 Å². The molecule has 12 rings (SSSR count). The van der Waals surface area contributed by atoms with Gasteiger partial charge in [-0.15, -0.1) is 23.8 Å². The van der Waals surface area contributed by atoms with Crippen molar-refractivity contribution in [3.05, 3.63) is 278 Å². The van der Waals surface area contributed by atoms with E-state index in [-0.39, 0.29) is 32.2 Å². The second kappa shape index (κ2) is 20.4. The first-order valence-corrected chi connectivity index (χ1v) is 24.8. The molecular weight excluding hydrogens is 1080 g/mol. The number of pyridine rings is 1. The van der Waals surface area contributed by atoms with Crippen LogP contribution >= 0.6 is 0 Å². The van der Waals surface area contributed by atoms with Crippen molar-refractivity contribution in [3.63, 3.8) is 0 Å². The predicted molar refractivity (Wildman–Crippen MR) is 301 cm³/mol. The van der Waals surface area contributed by atoms with E-state index < -0.39 is 0 Å². The number of aromatic hydroxyl groups is 1. The number of aromatic nitrogens is 3. The van der Waals surface area contributed by atoms with Crippen LogP contribution in [0.2, 0.25) is 0 Å². The van der Waals surface area contributed by atoms with Gasteiger partial charge in [0, 0.05) is 49.5 Å². The van der Waals surface area contributed by atoms with Crippen LogP contribution in [0.4, 0.5) is 0 Å². The molecule has 0 spiro atoms. The minimum atomic E-state index is -0.144. The maximum Gasteiger partial charge on any atom is 0.148 e. The number of para-hydroxylation sites is 2. The molecule has 0 radical (unpaired) electrons. The number of rotatable bonds is 11. The van der Waals surface area contributed by atoms with E-state index in [2.05, 4.69) is 219 Å². The third kappa shape index (κ3) is 9.10.